The Morgan fingerprint density at radius 1 is 1.13 bits per heavy atom. The minimum atomic E-state index is -0.809. The number of likely N-dealkylation sites (tertiary alicyclic amines) is 1. The zero-order valence-corrected chi connectivity index (χ0v) is 12.7. The Labute approximate surface area is 134 Å². The number of rotatable bonds is 2. The van der Waals surface area contributed by atoms with Crippen molar-refractivity contribution in [3.05, 3.63) is 35.9 Å². The van der Waals surface area contributed by atoms with Gasteiger partial charge in [-0.3, -0.25) is 14.9 Å². The Morgan fingerprint density at radius 2 is 1.83 bits per heavy atom. The van der Waals surface area contributed by atoms with Gasteiger partial charge in [-0.25, -0.2) is 4.79 Å². The van der Waals surface area contributed by atoms with Crippen LogP contribution in [-0.4, -0.2) is 41.4 Å². The number of carbonyl (C=O) groups is 3. The number of hydrogen-bond acceptors (Lipinski definition) is 3. The van der Waals surface area contributed by atoms with E-state index in [1.807, 2.05) is 23.1 Å². The van der Waals surface area contributed by atoms with Crippen molar-refractivity contribution >= 4 is 17.8 Å². The van der Waals surface area contributed by atoms with E-state index in [4.69, 9.17) is 0 Å². The first-order chi connectivity index (χ1) is 11.1. The summed E-state index contributed by atoms with van der Waals surface area (Å²) in [5.74, 6) is 0.314. The van der Waals surface area contributed by atoms with Gasteiger partial charge < -0.3 is 10.2 Å². The Kier molecular flexibility index (Phi) is 3.14. The van der Waals surface area contributed by atoms with Crippen LogP contribution in [0.2, 0.25) is 0 Å². The fraction of sp³-hybridized carbons (Fsp3) is 0.471. The minimum Gasteiger partial charge on any atom is -0.342 e. The van der Waals surface area contributed by atoms with Crippen molar-refractivity contribution in [2.45, 2.75) is 30.7 Å². The molecule has 1 aromatic rings. The molecule has 1 aliphatic carbocycles. The maximum atomic E-state index is 12.6. The lowest BCUT2D eigenvalue weighted by atomic mass is 9.87. The van der Waals surface area contributed by atoms with Gasteiger partial charge in [-0.1, -0.05) is 30.3 Å². The minimum absolute atomic E-state index is 0.0680. The molecule has 2 aliphatic heterocycles. The van der Waals surface area contributed by atoms with Crippen molar-refractivity contribution < 1.29 is 14.4 Å². The Hall–Kier alpha value is -2.37. The molecule has 23 heavy (non-hydrogen) atoms. The molecule has 4 rings (SSSR count). The van der Waals surface area contributed by atoms with Crippen LogP contribution in [0.1, 0.15) is 30.7 Å². The molecule has 1 spiro atoms. The molecule has 2 heterocycles. The number of imide groups is 1. The van der Waals surface area contributed by atoms with Crippen LogP contribution in [0.3, 0.4) is 0 Å². The van der Waals surface area contributed by atoms with E-state index in [1.54, 1.807) is 0 Å². The Bertz CT molecular complexity index is 665. The van der Waals surface area contributed by atoms with Gasteiger partial charge in [0.15, 0.2) is 0 Å². The van der Waals surface area contributed by atoms with E-state index < -0.39 is 11.6 Å². The number of piperidine rings is 1. The third-order valence-electron chi connectivity index (χ3n) is 5.28. The number of amides is 4. The fourth-order valence-electron chi connectivity index (χ4n) is 3.76. The van der Waals surface area contributed by atoms with Crippen LogP contribution < -0.4 is 10.6 Å². The van der Waals surface area contributed by atoms with E-state index in [9.17, 15) is 14.4 Å². The lowest BCUT2D eigenvalue weighted by molar-refractivity contribution is -0.137. The van der Waals surface area contributed by atoms with Crippen molar-refractivity contribution in [1.29, 1.82) is 0 Å². The van der Waals surface area contributed by atoms with E-state index in [0.29, 0.717) is 31.8 Å². The molecule has 6 heteroatoms. The molecule has 120 valence electrons. The van der Waals surface area contributed by atoms with Gasteiger partial charge in [-0.15, -0.1) is 0 Å². The monoisotopic (exact) mass is 313 g/mol. The summed E-state index contributed by atoms with van der Waals surface area (Å²) in [5, 5.41) is 5.01. The van der Waals surface area contributed by atoms with E-state index in [-0.39, 0.29) is 17.7 Å². The lowest BCUT2D eigenvalue weighted by Crippen LogP contribution is -2.56. The van der Waals surface area contributed by atoms with Crippen molar-refractivity contribution in [2.24, 2.45) is 5.92 Å². The largest absolute Gasteiger partial charge is 0.342 e. The summed E-state index contributed by atoms with van der Waals surface area (Å²) >= 11 is 0. The molecule has 1 aromatic carbocycles. The summed E-state index contributed by atoms with van der Waals surface area (Å²) in [6.45, 7) is 1.04. The van der Waals surface area contributed by atoms with Crippen molar-refractivity contribution in [2.75, 3.05) is 13.1 Å². The summed E-state index contributed by atoms with van der Waals surface area (Å²) in [5.41, 5.74) is 0.415. The maximum Gasteiger partial charge on any atom is 0.322 e. The second kappa shape index (κ2) is 5.08. The van der Waals surface area contributed by atoms with Gasteiger partial charge in [0, 0.05) is 19.0 Å². The molecule has 2 N–H and O–H groups in total. The zero-order chi connectivity index (χ0) is 16.0. The highest BCUT2D eigenvalue weighted by Crippen LogP contribution is 2.48. The van der Waals surface area contributed by atoms with Crippen molar-refractivity contribution in [1.82, 2.24) is 15.5 Å². The van der Waals surface area contributed by atoms with Gasteiger partial charge in [0.1, 0.15) is 5.54 Å². The van der Waals surface area contributed by atoms with Crippen LogP contribution in [0.5, 0.6) is 0 Å². The van der Waals surface area contributed by atoms with Gasteiger partial charge in [0.05, 0.1) is 0 Å². The maximum absolute atomic E-state index is 12.6. The molecule has 3 aliphatic rings. The van der Waals surface area contributed by atoms with E-state index in [0.717, 1.165) is 6.42 Å². The second-order valence-electron chi connectivity index (χ2n) is 6.68. The highest BCUT2D eigenvalue weighted by Gasteiger charge is 2.51. The molecule has 0 radical (unpaired) electrons. The molecular weight excluding hydrogens is 294 g/mol. The number of carbonyl (C=O) groups excluding carboxylic acids is 3. The van der Waals surface area contributed by atoms with Crippen LogP contribution in [0, 0.1) is 5.92 Å². The third kappa shape index (κ3) is 2.38. The lowest BCUT2D eigenvalue weighted by Gasteiger charge is -2.37. The molecule has 3 fully saturated rings. The molecule has 0 aromatic heterocycles. The second-order valence-corrected chi connectivity index (χ2v) is 6.68. The number of benzene rings is 1. The van der Waals surface area contributed by atoms with Crippen LogP contribution in [0.15, 0.2) is 30.3 Å². The summed E-state index contributed by atoms with van der Waals surface area (Å²) in [6, 6.07) is 9.69. The van der Waals surface area contributed by atoms with Crippen molar-refractivity contribution in [3.8, 4) is 0 Å². The zero-order valence-electron chi connectivity index (χ0n) is 12.7. The van der Waals surface area contributed by atoms with Gasteiger partial charge in [-0.05, 0) is 30.7 Å². The van der Waals surface area contributed by atoms with E-state index in [2.05, 4.69) is 22.8 Å². The highest BCUT2D eigenvalue weighted by molar-refractivity contribution is 6.07. The quantitative estimate of drug-likeness (QED) is 0.799. The number of nitrogens with zero attached hydrogens (tertiary/aromatic N) is 1. The smallest absolute Gasteiger partial charge is 0.322 e. The summed E-state index contributed by atoms with van der Waals surface area (Å²) in [7, 11) is 0. The summed E-state index contributed by atoms with van der Waals surface area (Å²) in [4.78, 5) is 37.7. The normalized spacial score (nSPS) is 28.4. The fourth-order valence-corrected chi connectivity index (χ4v) is 3.76. The topological polar surface area (TPSA) is 78.5 Å². The molecule has 6 nitrogen and oxygen atoms in total. The van der Waals surface area contributed by atoms with E-state index in [1.165, 1.54) is 5.56 Å². The average Bonchev–Trinajstić information content (AvgIpc) is 3.31. The SMILES string of the molecule is O=C1NC(=O)C2(CCN(C(=O)[C@@H]3C[C@@H]3c3ccccc3)CC2)N1. The first-order valence-electron chi connectivity index (χ1n) is 8.06. The molecule has 2 saturated heterocycles. The number of hydrogen-bond donors (Lipinski definition) is 2. The van der Waals surface area contributed by atoms with E-state index >= 15 is 0 Å². The summed E-state index contributed by atoms with van der Waals surface area (Å²) < 4.78 is 0. The molecular formula is C17H19N3O3. The standard InChI is InChI=1S/C17H19N3O3/c21-14(13-10-12(13)11-4-2-1-3-5-11)20-8-6-17(7-9-20)15(22)18-16(23)19-17/h1-5,12-13H,6-10H2,(H2,18,19,22,23)/t12-,13-/m1/s1. The summed E-state index contributed by atoms with van der Waals surface area (Å²) in [6.07, 6.45) is 1.87. The van der Waals surface area contributed by atoms with Gasteiger partial charge in [0.25, 0.3) is 5.91 Å². The van der Waals surface area contributed by atoms with Gasteiger partial charge in [0.2, 0.25) is 5.91 Å². The Balaban J connectivity index is 1.37. The van der Waals surface area contributed by atoms with Crippen LogP contribution in [0.25, 0.3) is 0 Å². The third-order valence-corrected chi connectivity index (χ3v) is 5.28. The predicted octanol–water partition coefficient (Wildman–Crippen LogP) is 0.991. The first kappa shape index (κ1) is 14.2. The predicted molar refractivity (Wildman–Crippen MR) is 82.5 cm³/mol. The van der Waals surface area contributed by atoms with Crippen LogP contribution >= 0.6 is 0 Å². The van der Waals surface area contributed by atoms with Crippen LogP contribution in [-0.2, 0) is 9.59 Å². The Morgan fingerprint density at radius 3 is 2.43 bits per heavy atom. The molecule has 0 unspecified atom stereocenters. The van der Waals surface area contributed by atoms with Gasteiger partial charge in [-0.2, -0.15) is 0 Å². The molecule has 2 atom stereocenters. The molecule has 1 saturated carbocycles. The highest BCUT2D eigenvalue weighted by atomic mass is 16.2. The number of nitrogens with one attached hydrogen (secondary N) is 2. The number of urea groups is 1. The average molecular weight is 313 g/mol. The molecule has 4 amide bonds. The van der Waals surface area contributed by atoms with Crippen molar-refractivity contribution in [3.63, 3.8) is 0 Å². The first-order valence-corrected chi connectivity index (χ1v) is 8.06. The molecule has 0 bridgehead atoms. The van der Waals surface area contributed by atoms with Crippen LogP contribution in [0.4, 0.5) is 4.79 Å². The van der Waals surface area contributed by atoms with Gasteiger partial charge >= 0.3 is 6.03 Å².